The van der Waals surface area contributed by atoms with Crippen LogP contribution in [0.5, 0.6) is 5.75 Å². The summed E-state index contributed by atoms with van der Waals surface area (Å²) < 4.78 is 29.0. The summed E-state index contributed by atoms with van der Waals surface area (Å²) in [5.41, 5.74) is 1.33. The van der Waals surface area contributed by atoms with Crippen molar-refractivity contribution in [3.63, 3.8) is 0 Å². The molecule has 152 valence electrons. The number of nitrogens with one attached hydrogen (secondary N) is 1. The maximum Gasteiger partial charge on any atom is 0.262 e. The summed E-state index contributed by atoms with van der Waals surface area (Å²) in [4.78, 5) is 16.8. The number of halogens is 3. The number of hydrogen-bond donors (Lipinski definition) is 1. The summed E-state index contributed by atoms with van der Waals surface area (Å²) in [5, 5.41) is 3.99. The minimum Gasteiger partial charge on any atom is -0.480 e. The van der Waals surface area contributed by atoms with Gasteiger partial charge in [-0.3, -0.25) is 4.79 Å². The number of benzene rings is 2. The van der Waals surface area contributed by atoms with Crippen LogP contribution in [0.1, 0.15) is 5.69 Å². The van der Waals surface area contributed by atoms with Gasteiger partial charge in [-0.2, -0.15) is 0 Å². The number of anilines is 1. The van der Waals surface area contributed by atoms with E-state index in [1.807, 2.05) is 6.92 Å². The number of pyridine rings is 1. The Kier molecular flexibility index (Phi) is 6.24. The first-order valence-electron chi connectivity index (χ1n) is 8.24. The van der Waals surface area contributed by atoms with Crippen LogP contribution in [-0.4, -0.2) is 32.2 Å². The van der Waals surface area contributed by atoms with E-state index in [0.717, 1.165) is 11.9 Å². The summed E-state index contributed by atoms with van der Waals surface area (Å²) in [6.07, 6.45) is 1.06. The van der Waals surface area contributed by atoms with Gasteiger partial charge in [0.25, 0.3) is 5.91 Å². The molecule has 0 saturated carbocycles. The first-order chi connectivity index (χ1) is 13.6. The Bertz CT molecular complexity index is 1230. The van der Waals surface area contributed by atoms with Gasteiger partial charge in [0.2, 0.25) is 0 Å². The zero-order valence-electron chi connectivity index (χ0n) is 15.3. The molecule has 29 heavy (non-hydrogen) atoms. The Balaban J connectivity index is 1.83. The Morgan fingerprint density at radius 1 is 1.07 bits per heavy atom. The topological polar surface area (TPSA) is 85.4 Å². The van der Waals surface area contributed by atoms with Crippen molar-refractivity contribution < 1.29 is 17.9 Å². The molecule has 1 heterocycles. The second-order valence-electron chi connectivity index (χ2n) is 6.27. The van der Waals surface area contributed by atoms with Gasteiger partial charge in [-0.25, -0.2) is 13.4 Å². The van der Waals surface area contributed by atoms with Gasteiger partial charge < -0.3 is 10.1 Å². The van der Waals surface area contributed by atoms with E-state index in [4.69, 9.17) is 39.5 Å². The van der Waals surface area contributed by atoms with Crippen LogP contribution in [0.15, 0.2) is 41.3 Å². The van der Waals surface area contributed by atoms with E-state index in [-0.39, 0.29) is 26.4 Å². The van der Waals surface area contributed by atoms with Gasteiger partial charge >= 0.3 is 0 Å². The third-order valence-electron chi connectivity index (χ3n) is 3.96. The van der Waals surface area contributed by atoms with Crippen molar-refractivity contribution in [2.24, 2.45) is 0 Å². The predicted molar refractivity (Wildman–Crippen MR) is 115 cm³/mol. The largest absolute Gasteiger partial charge is 0.480 e. The minimum atomic E-state index is -3.45. The molecule has 3 rings (SSSR count). The molecule has 0 saturated heterocycles. The van der Waals surface area contributed by atoms with E-state index in [0.29, 0.717) is 15.9 Å². The van der Waals surface area contributed by atoms with Gasteiger partial charge in [-0.1, -0.05) is 34.8 Å². The normalized spacial score (nSPS) is 11.5. The maximum atomic E-state index is 12.3. The number of sulfone groups is 1. The number of hydrogen-bond acceptors (Lipinski definition) is 5. The number of carbonyl (C=O) groups excluding carboxylic acids is 1. The molecule has 0 atom stereocenters. The molecular weight excluding hydrogens is 459 g/mol. The molecule has 0 aliphatic rings. The number of rotatable bonds is 5. The molecule has 0 bridgehead atoms. The summed E-state index contributed by atoms with van der Waals surface area (Å²) in [6, 6.07) is 9.14. The third-order valence-corrected chi connectivity index (χ3v) is 6.00. The van der Waals surface area contributed by atoms with Crippen LogP contribution in [0.3, 0.4) is 0 Å². The molecule has 0 radical (unpaired) electrons. The molecule has 1 aromatic heterocycles. The van der Waals surface area contributed by atoms with Gasteiger partial charge in [0, 0.05) is 17.3 Å². The van der Waals surface area contributed by atoms with Crippen molar-refractivity contribution in [1.82, 2.24) is 4.98 Å². The van der Waals surface area contributed by atoms with Crippen LogP contribution in [-0.2, 0) is 14.6 Å². The molecular formula is C19H15Cl3N2O4S. The highest BCUT2D eigenvalue weighted by atomic mass is 35.5. The van der Waals surface area contributed by atoms with Crippen molar-refractivity contribution in [1.29, 1.82) is 0 Å². The predicted octanol–water partition coefficient (Wildman–Crippen LogP) is 4.92. The van der Waals surface area contributed by atoms with Crippen LogP contribution >= 0.6 is 34.8 Å². The highest BCUT2D eigenvalue weighted by molar-refractivity contribution is 7.90. The van der Waals surface area contributed by atoms with E-state index in [9.17, 15) is 13.2 Å². The van der Waals surface area contributed by atoms with Crippen molar-refractivity contribution >= 4 is 67.1 Å². The summed E-state index contributed by atoms with van der Waals surface area (Å²) in [5.74, 6) is -0.328. The van der Waals surface area contributed by atoms with Crippen LogP contribution in [0.25, 0.3) is 10.9 Å². The van der Waals surface area contributed by atoms with E-state index >= 15 is 0 Å². The van der Waals surface area contributed by atoms with Crippen molar-refractivity contribution in [2.45, 2.75) is 11.8 Å². The number of ether oxygens (including phenoxy) is 1. The van der Waals surface area contributed by atoms with Gasteiger partial charge in [-0.15, -0.1) is 0 Å². The molecule has 0 aliphatic heterocycles. The van der Waals surface area contributed by atoms with Crippen molar-refractivity contribution in [3.05, 3.63) is 57.2 Å². The number of aryl methyl sites for hydroxylation is 1. The van der Waals surface area contributed by atoms with Gasteiger partial charge in [0.1, 0.15) is 5.52 Å². The summed E-state index contributed by atoms with van der Waals surface area (Å²) >= 11 is 18.5. The molecule has 0 fully saturated rings. The molecule has 1 N–H and O–H groups in total. The quantitative estimate of drug-likeness (QED) is 0.568. The van der Waals surface area contributed by atoms with Crippen LogP contribution in [0.4, 0.5) is 5.69 Å². The molecule has 0 spiro atoms. The highest BCUT2D eigenvalue weighted by Gasteiger charge is 2.16. The van der Waals surface area contributed by atoms with E-state index < -0.39 is 22.4 Å². The van der Waals surface area contributed by atoms with E-state index in [1.165, 1.54) is 24.3 Å². The van der Waals surface area contributed by atoms with Gasteiger partial charge in [0.05, 0.1) is 25.7 Å². The Morgan fingerprint density at radius 2 is 1.79 bits per heavy atom. The van der Waals surface area contributed by atoms with Gasteiger partial charge in [0.15, 0.2) is 22.2 Å². The lowest BCUT2D eigenvalue weighted by Crippen LogP contribution is -2.21. The fraction of sp³-hybridized carbons (Fsp3) is 0.158. The second-order valence-corrected chi connectivity index (χ2v) is 9.51. The lowest BCUT2D eigenvalue weighted by molar-refractivity contribution is -0.118. The average Bonchev–Trinajstić information content (AvgIpc) is 2.62. The monoisotopic (exact) mass is 472 g/mol. The molecule has 2 aromatic carbocycles. The Labute approximate surface area is 182 Å². The van der Waals surface area contributed by atoms with Crippen LogP contribution < -0.4 is 10.1 Å². The van der Waals surface area contributed by atoms with Gasteiger partial charge in [-0.05, 0) is 43.3 Å². The third kappa shape index (κ3) is 4.93. The van der Waals surface area contributed by atoms with Crippen LogP contribution in [0, 0.1) is 6.92 Å². The lowest BCUT2D eigenvalue weighted by atomic mass is 10.2. The first kappa shape index (κ1) is 21.6. The zero-order chi connectivity index (χ0) is 21.3. The van der Waals surface area contributed by atoms with Crippen molar-refractivity contribution in [2.75, 3.05) is 18.2 Å². The highest BCUT2D eigenvalue weighted by Crippen LogP contribution is 2.37. The molecule has 0 aliphatic carbocycles. The smallest absolute Gasteiger partial charge is 0.262 e. The molecule has 6 nitrogen and oxygen atoms in total. The number of carbonyl (C=O) groups is 1. The molecule has 3 aromatic rings. The fourth-order valence-corrected chi connectivity index (χ4v) is 3.96. The average molecular weight is 474 g/mol. The zero-order valence-corrected chi connectivity index (χ0v) is 18.4. The SMILES string of the molecule is Cc1ccc2c(Cl)cc(Cl)c(OCC(=O)Nc3cc(S(C)(=O)=O)ccc3Cl)c2n1. The first-order valence-corrected chi connectivity index (χ1v) is 11.3. The summed E-state index contributed by atoms with van der Waals surface area (Å²) in [6.45, 7) is 1.41. The Morgan fingerprint density at radius 3 is 2.48 bits per heavy atom. The van der Waals surface area contributed by atoms with E-state index in [2.05, 4.69) is 10.3 Å². The number of fused-ring (bicyclic) bond motifs is 1. The number of nitrogens with zero attached hydrogens (tertiary/aromatic N) is 1. The lowest BCUT2D eigenvalue weighted by Gasteiger charge is -2.13. The van der Waals surface area contributed by atoms with E-state index in [1.54, 1.807) is 12.1 Å². The number of amides is 1. The van der Waals surface area contributed by atoms with Crippen molar-refractivity contribution in [3.8, 4) is 5.75 Å². The minimum absolute atomic E-state index is 0.0320. The Hall–Kier alpha value is -2.06. The molecule has 1 amide bonds. The van der Waals surface area contributed by atoms with Crippen LogP contribution in [0.2, 0.25) is 15.1 Å². The standard InChI is InChI=1S/C19H15Cl3N2O4S/c1-10-3-5-12-14(21)8-15(22)19(18(12)23-10)28-9-17(25)24-16-7-11(29(2,26)27)4-6-13(16)20/h3-8H,9H2,1-2H3,(H,24,25). The fourth-order valence-electron chi connectivity index (χ4n) is 2.58. The maximum absolute atomic E-state index is 12.3. The number of aromatic nitrogens is 1. The molecule has 10 heteroatoms. The molecule has 0 unspecified atom stereocenters. The second kappa shape index (κ2) is 8.36. The summed E-state index contributed by atoms with van der Waals surface area (Å²) in [7, 11) is -3.45.